The van der Waals surface area contributed by atoms with Crippen LogP contribution in [0.3, 0.4) is 0 Å². The quantitative estimate of drug-likeness (QED) is 0.481. The minimum absolute atomic E-state index is 0.0493. The van der Waals surface area contributed by atoms with Gasteiger partial charge in [-0.25, -0.2) is 24.7 Å². The van der Waals surface area contributed by atoms with Crippen LogP contribution in [0.2, 0.25) is 0 Å². The Hall–Kier alpha value is -5.03. The molecule has 2 aliphatic heterocycles. The van der Waals surface area contributed by atoms with Gasteiger partial charge >= 0.3 is 12.2 Å². The van der Waals surface area contributed by atoms with Gasteiger partial charge in [0.15, 0.2) is 18.0 Å². The second-order valence-electron chi connectivity index (χ2n) is 8.74. The summed E-state index contributed by atoms with van der Waals surface area (Å²) in [7, 11) is 1.37. The second-order valence-corrected chi connectivity index (χ2v) is 8.74. The number of rotatable bonds is 6. The van der Waals surface area contributed by atoms with Crippen LogP contribution in [-0.2, 0) is 25.4 Å². The molecule has 18 heteroatoms. The molecule has 1 fully saturated rings. The van der Waals surface area contributed by atoms with Crippen LogP contribution in [-0.4, -0.2) is 102 Å². The molecule has 2 unspecified atom stereocenters. The minimum Gasteiger partial charge on any atom is -0.335 e. The molecule has 4 heterocycles. The van der Waals surface area contributed by atoms with Crippen LogP contribution in [0.5, 0.6) is 0 Å². The maximum Gasteiger partial charge on any atom is 0.451 e. The highest BCUT2D eigenvalue weighted by atomic mass is 19.4. The summed E-state index contributed by atoms with van der Waals surface area (Å²) in [6.07, 6.45) is -0.158. The van der Waals surface area contributed by atoms with Crippen molar-refractivity contribution in [3.05, 3.63) is 30.6 Å². The Bertz CT molecular complexity index is 1400. The van der Waals surface area contributed by atoms with E-state index >= 15 is 0 Å². The monoisotopic (exact) mass is 562 g/mol. The number of amides is 6. The predicted octanol–water partition coefficient (Wildman–Crippen LogP) is -0.125. The van der Waals surface area contributed by atoms with Gasteiger partial charge in [-0.2, -0.15) is 13.2 Å². The molecule has 0 bridgehead atoms. The molecule has 2 aliphatic rings. The van der Waals surface area contributed by atoms with E-state index in [1.807, 2.05) is 5.32 Å². The summed E-state index contributed by atoms with van der Waals surface area (Å²) < 4.78 is 38.2. The minimum atomic E-state index is -4.71. The van der Waals surface area contributed by atoms with Gasteiger partial charge in [0.2, 0.25) is 23.5 Å². The lowest BCUT2D eigenvalue weighted by Crippen LogP contribution is -2.67. The van der Waals surface area contributed by atoms with Crippen LogP contribution in [0.4, 0.5) is 23.8 Å². The molecule has 6 amide bonds. The van der Waals surface area contributed by atoms with Gasteiger partial charge in [-0.3, -0.25) is 34.4 Å². The first-order valence-electron chi connectivity index (χ1n) is 11.5. The smallest absolute Gasteiger partial charge is 0.335 e. The normalized spacial score (nSPS) is 19.4. The molecular weight excluding hydrogens is 541 g/mol. The van der Waals surface area contributed by atoms with Crippen molar-refractivity contribution in [3.63, 3.8) is 0 Å². The molecule has 1 saturated heterocycles. The first kappa shape index (κ1) is 28.0. The molecule has 3 atom stereocenters. The van der Waals surface area contributed by atoms with Crippen molar-refractivity contribution < 1.29 is 37.1 Å². The summed E-state index contributed by atoms with van der Waals surface area (Å²) in [4.78, 5) is 84.1. The van der Waals surface area contributed by atoms with Gasteiger partial charge in [0.1, 0.15) is 12.6 Å². The summed E-state index contributed by atoms with van der Waals surface area (Å²) in [5.74, 6) is -4.36. The molecule has 0 radical (unpaired) electrons. The van der Waals surface area contributed by atoms with Gasteiger partial charge in [0, 0.05) is 31.9 Å². The lowest BCUT2D eigenvalue weighted by Gasteiger charge is -2.41. The number of nitrogens with one attached hydrogen (secondary N) is 2. The van der Waals surface area contributed by atoms with Crippen molar-refractivity contribution in [1.82, 2.24) is 40.0 Å². The molecule has 2 aromatic heterocycles. The predicted molar refractivity (Wildman–Crippen MR) is 128 cm³/mol. The SMILES string of the molecule is CC(=O)NC(=O)CN1C(=O)C2C(N=CN2[C@@H](C)C(=O)Nc2cncc(-c3cnc(C(F)(F)F)nc3)n2)N(C)C1=O. The highest BCUT2D eigenvalue weighted by Gasteiger charge is 2.51. The Balaban J connectivity index is 1.48. The Labute approximate surface area is 223 Å². The number of hydrogen-bond donors (Lipinski definition) is 2. The molecule has 210 valence electrons. The Morgan fingerprint density at radius 2 is 1.77 bits per heavy atom. The van der Waals surface area contributed by atoms with Crippen molar-refractivity contribution in [3.8, 4) is 11.3 Å². The van der Waals surface area contributed by atoms with Crippen LogP contribution in [0.15, 0.2) is 29.8 Å². The van der Waals surface area contributed by atoms with E-state index in [0.717, 1.165) is 24.2 Å². The van der Waals surface area contributed by atoms with Crippen molar-refractivity contribution in [2.24, 2.45) is 4.99 Å². The number of likely N-dealkylation sites (N-methyl/N-ethyl adjacent to an activating group) is 1. The van der Waals surface area contributed by atoms with E-state index in [2.05, 4.69) is 30.2 Å². The fraction of sp³-hybridized carbons (Fsp3) is 0.364. The Kier molecular flexibility index (Phi) is 7.43. The topological polar surface area (TPSA) is 183 Å². The number of nitrogens with zero attached hydrogens (tertiary/aromatic N) is 8. The number of urea groups is 1. The third-order valence-corrected chi connectivity index (χ3v) is 5.94. The zero-order valence-corrected chi connectivity index (χ0v) is 21.1. The first-order chi connectivity index (χ1) is 18.8. The molecule has 0 spiro atoms. The molecule has 40 heavy (non-hydrogen) atoms. The molecule has 0 aromatic carbocycles. The van der Waals surface area contributed by atoms with Crippen molar-refractivity contribution in [2.75, 3.05) is 18.9 Å². The highest BCUT2D eigenvalue weighted by molar-refractivity contribution is 6.06. The number of aliphatic imine (C=N–C) groups is 1. The van der Waals surface area contributed by atoms with Crippen LogP contribution >= 0.6 is 0 Å². The fourth-order valence-electron chi connectivity index (χ4n) is 3.98. The highest BCUT2D eigenvalue weighted by Crippen LogP contribution is 2.28. The van der Waals surface area contributed by atoms with Crippen LogP contribution in [0.25, 0.3) is 11.3 Å². The lowest BCUT2D eigenvalue weighted by atomic mass is 10.1. The zero-order chi connectivity index (χ0) is 29.4. The van der Waals surface area contributed by atoms with Gasteiger partial charge in [0.05, 0.1) is 24.4 Å². The Morgan fingerprint density at radius 1 is 1.10 bits per heavy atom. The van der Waals surface area contributed by atoms with Crippen molar-refractivity contribution >= 4 is 41.8 Å². The summed E-state index contributed by atoms with van der Waals surface area (Å²) in [5, 5.41) is 4.50. The lowest BCUT2D eigenvalue weighted by molar-refractivity contribution is -0.145. The number of imide groups is 2. The van der Waals surface area contributed by atoms with Gasteiger partial charge in [-0.1, -0.05) is 0 Å². The molecule has 0 saturated carbocycles. The van der Waals surface area contributed by atoms with Crippen LogP contribution < -0.4 is 10.6 Å². The molecule has 15 nitrogen and oxygen atoms in total. The summed E-state index contributed by atoms with van der Waals surface area (Å²) in [5.41, 5.74) is 0.206. The van der Waals surface area contributed by atoms with E-state index in [4.69, 9.17) is 0 Å². The number of alkyl halides is 3. The Morgan fingerprint density at radius 3 is 2.40 bits per heavy atom. The zero-order valence-electron chi connectivity index (χ0n) is 21.1. The average molecular weight is 562 g/mol. The third-order valence-electron chi connectivity index (χ3n) is 5.94. The molecular formula is C22H21F3N10O5. The van der Waals surface area contributed by atoms with E-state index in [1.165, 1.54) is 37.6 Å². The molecule has 2 aromatic rings. The number of hydrogen-bond acceptors (Lipinski definition) is 11. The van der Waals surface area contributed by atoms with E-state index in [-0.39, 0.29) is 17.1 Å². The number of anilines is 1. The van der Waals surface area contributed by atoms with Crippen molar-refractivity contribution in [1.29, 1.82) is 0 Å². The van der Waals surface area contributed by atoms with Crippen LogP contribution in [0, 0.1) is 0 Å². The summed E-state index contributed by atoms with van der Waals surface area (Å²) in [6.45, 7) is 1.85. The number of fused-ring (bicyclic) bond motifs is 1. The number of carbonyl (C=O) groups is 5. The van der Waals surface area contributed by atoms with Gasteiger partial charge < -0.3 is 15.1 Å². The maximum atomic E-state index is 13.2. The van der Waals surface area contributed by atoms with E-state index < -0.39 is 66.5 Å². The first-order valence-corrected chi connectivity index (χ1v) is 11.5. The second kappa shape index (κ2) is 10.6. The fourth-order valence-corrected chi connectivity index (χ4v) is 3.98. The maximum absolute atomic E-state index is 13.2. The number of carbonyl (C=O) groups excluding carboxylic acids is 5. The standard InChI is InChI=1S/C22H21F3N10O5/c1-10(18(38)32-14-7-26-6-13(31-14)12-4-27-20(28-5-12)22(23,24)25)35-9-29-17-16(35)19(39)34(21(40)33(17)3)8-15(37)30-11(2)36/h4-7,9-10,16-17H,8H2,1-3H3,(H,30,36,37)(H,31,32,38)/t10-,16?,17?/m0/s1. The van der Waals surface area contributed by atoms with Gasteiger partial charge in [0.25, 0.3) is 5.91 Å². The van der Waals surface area contributed by atoms with Crippen molar-refractivity contribution in [2.45, 2.75) is 38.3 Å². The molecule has 2 N–H and O–H groups in total. The van der Waals surface area contributed by atoms with E-state index in [1.54, 1.807) is 0 Å². The average Bonchev–Trinajstić information content (AvgIpc) is 3.34. The van der Waals surface area contributed by atoms with Crippen LogP contribution in [0.1, 0.15) is 19.7 Å². The summed E-state index contributed by atoms with van der Waals surface area (Å²) in [6, 6.07) is -2.99. The molecule has 4 rings (SSSR count). The van der Waals surface area contributed by atoms with Gasteiger partial charge in [-0.15, -0.1) is 0 Å². The molecule has 0 aliphatic carbocycles. The van der Waals surface area contributed by atoms with Gasteiger partial charge in [-0.05, 0) is 6.92 Å². The number of aromatic nitrogens is 4. The third kappa shape index (κ3) is 5.54. The summed E-state index contributed by atoms with van der Waals surface area (Å²) >= 11 is 0. The largest absolute Gasteiger partial charge is 0.451 e. The number of halogens is 3. The van der Waals surface area contributed by atoms with E-state index in [0.29, 0.717) is 4.90 Å². The van der Waals surface area contributed by atoms with E-state index in [9.17, 15) is 37.1 Å².